The number of piperidine rings is 1. The summed E-state index contributed by atoms with van der Waals surface area (Å²) in [6, 6.07) is 11.9. The van der Waals surface area contributed by atoms with Crippen LogP contribution in [0.2, 0.25) is 10.0 Å². The van der Waals surface area contributed by atoms with E-state index in [-0.39, 0.29) is 12.0 Å². The molecule has 0 radical (unpaired) electrons. The van der Waals surface area contributed by atoms with Gasteiger partial charge in [-0.2, -0.15) is 0 Å². The second-order valence-corrected chi connectivity index (χ2v) is 11.5. The molecule has 0 atom stereocenters. The highest BCUT2D eigenvalue weighted by atomic mass is 35.5. The van der Waals surface area contributed by atoms with Crippen molar-refractivity contribution in [2.45, 2.75) is 44.3 Å². The summed E-state index contributed by atoms with van der Waals surface area (Å²) in [7, 11) is -3.05. The molecular weight excluding hydrogens is 579 g/mol. The monoisotopic (exact) mass is 604 g/mol. The van der Waals surface area contributed by atoms with Crippen LogP contribution >= 0.6 is 23.2 Å². The molecule has 2 aliphatic rings. The van der Waals surface area contributed by atoms with Gasteiger partial charge in [0.05, 0.1) is 22.8 Å². The molecule has 1 saturated carbocycles. The van der Waals surface area contributed by atoms with Gasteiger partial charge in [0.25, 0.3) is 0 Å². The molecule has 40 heavy (non-hydrogen) atoms. The largest absolute Gasteiger partial charge is 0.440 e. The van der Waals surface area contributed by atoms with E-state index >= 15 is 0 Å². The summed E-state index contributed by atoms with van der Waals surface area (Å²) in [6.45, 7) is 1.99. The SMILES string of the molecule is O=C(Nc1cc2cc(N3CCC(OCc4c(-c5c(Cl)cccc5Cl)noc4C4CC4)CC3)ccc2o1)N[SH](=O)=O. The number of nitrogens with zero attached hydrogens (tertiary/aromatic N) is 2. The number of carbonyl (C=O) groups excluding carboxylic acids is 1. The van der Waals surface area contributed by atoms with Crippen molar-refractivity contribution >= 4 is 62.7 Å². The van der Waals surface area contributed by atoms with Gasteiger partial charge in [-0.1, -0.05) is 34.4 Å². The first-order valence-corrected chi connectivity index (χ1v) is 14.8. The highest BCUT2D eigenvalue weighted by Crippen LogP contribution is 2.46. The van der Waals surface area contributed by atoms with E-state index in [1.165, 1.54) is 0 Å². The number of urea groups is 1. The average molecular weight is 606 g/mol. The third kappa shape index (κ3) is 5.78. The predicted octanol–water partition coefficient (Wildman–Crippen LogP) is 6.11. The van der Waals surface area contributed by atoms with Crippen LogP contribution in [0.4, 0.5) is 16.4 Å². The number of nitrogens with one attached hydrogen (secondary N) is 2. The molecule has 1 saturated heterocycles. The molecule has 2 N–H and O–H groups in total. The van der Waals surface area contributed by atoms with Gasteiger partial charge < -0.3 is 18.6 Å². The zero-order chi connectivity index (χ0) is 27.8. The van der Waals surface area contributed by atoms with Crippen LogP contribution in [-0.2, 0) is 22.2 Å². The molecule has 2 amide bonds. The van der Waals surface area contributed by atoms with Crippen molar-refractivity contribution in [3.63, 3.8) is 0 Å². The first-order chi connectivity index (χ1) is 19.4. The number of halogens is 2. The Balaban J connectivity index is 1.10. The molecule has 0 bridgehead atoms. The molecule has 0 spiro atoms. The summed E-state index contributed by atoms with van der Waals surface area (Å²) in [4.78, 5) is 13.9. The quantitative estimate of drug-likeness (QED) is 0.206. The summed E-state index contributed by atoms with van der Waals surface area (Å²) in [5.74, 6) is 1.39. The lowest BCUT2D eigenvalue weighted by Crippen LogP contribution is -2.37. The van der Waals surface area contributed by atoms with Gasteiger partial charge in [0.1, 0.15) is 17.0 Å². The molecule has 2 aromatic heterocycles. The van der Waals surface area contributed by atoms with Crippen LogP contribution in [0.15, 0.2) is 51.4 Å². The normalized spacial score (nSPS) is 16.1. The predicted molar refractivity (Wildman–Crippen MR) is 153 cm³/mol. The minimum absolute atomic E-state index is 0.0762. The lowest BCUT2D eigenvalue weighted by molar-refractivity contribution is 0.0246. The first kappa shape index (κ1) is 26.9. The van der Waals surface area contributed by atoms with Crippen LogP contribution < -0.4 is 14.9 Å². The number of hydrogen-bond acceptors (Lipinski definition) is 8. The topological polar surface area (TPSA) is 127 Å². The van der Waals surface area contributed by atoms with Gasteiger partial charge in [0.2, 0.25) is 16.8 Å². The van der Waals surface area contributed by atoms with Crippen LogP contribution in [0.1, 0.15) is 42.9 Å². The Hall–Kier alpha value is -3.25. The zero-order valence-corrected chi connectivity index (χ0v) is 23.6. The van der Waals surface area contributed by atoms with Gasteiger partial charge in [-0.05, 0) is 56.0 Å². The van der Waals surface area contributed by atoms with Crippen LogP contribution in [0.25, 0.3) is 22.2 Å². The number of anilines is 2. The van der Waals surface area contributed by atoms with Crippen LogP contribution in [-0.4, -0.2) is 38.8 Å². The van der Waals surface area contributed by atoms with Crippen molar-refractivity contribution in [3.8, 4) is 11.3 Å². The third-order valence-corrected chi connectivity index (χ3v) is 8.18. The van der Waals surface area contributed by atoms with E-state index in [1.807, 2.05) is 18.2 Å². The standard InChI is InChI=1S/C27H26Cl2N4O6S/c28-20-2-1-3-21(29)24(20)25-19(26(39-31-25)15-4-5-15)14-37-18-8-10-33(11-9-18)17-6-7-22-16(12-17)13-23(38-22)30-27(34)32-40(35)36/h1-3,6-7,12-13,15,18,40H,4-5,8-11,14H2,(H2,30,32,34,35,36). The van der Waals surface area contributed by atoms with Crippen molar-refractivity contribution in [2.75, 3.05) is 23.3 Å². The van der Waals surface area contributed by atoms with Crippen molar-refractivity contribution in [1.82, 2.24) is 9.88 Å². The highest BCUT2D eigenvalue weighted by Gasteiger charge is 2.34. The van der Waals surface area contributed by atoms with Crippen LogP contribution in [0.3, 0.4) is 0 Å². The number of aromatic nitrogens is 1. The lowest BCUT2D eigenvalue weighted by Gasteiger charge is -2.33. The Morgan fingerprint density at radius 2 is 1.82 bits per heavy atom. The van der Waals surface area contributed by atoms with E-state index in [0.717, 1.165) is 61.2 Å². The fraction of sp³-hybridized carbons (Fsp3) is 0.333. The van der Waals surface area contributed by atoms with E-state index in [4.69, 9.17) is 36.9 Å². The fourth-order valence-electron chi connectivity index (χ4n) is 5.04. The molecule has 210 valence electrons. The first-order valence-electron chi connectivity index (χ1n) is 12.9. The van der Waals surface area contributed by atoms with E-state index in [9.17, 15) is 13.2 Å². The average Bonchev–Trinajstić information content (AvgIpc) is 3.56. The maximum Gasteiger partial charge on any atom is 0.335 e. The van der Waals surface area contributed by atoms with Crippen LogP contribution in [0.5, 0.6) is 0 Å². The summed E-state index contributed by atoms with van der Waals surface area (Å²) in [6.07, 6.45) is 3.91. The number of ether oxygens (including phenoxy) is 1. The molecule has 2 fully saturated rings. The number of thiol groups is 1. The molecule has 1 aliphatic carbocycles. The van der Waals surface area contributed by atoms with Gasteiger partial charge in [-0.3, -0.25) is 5.32 Å². The van der Waals surface area contributed by atoms with Gasteiger partial charge in [-0.25, -0.2) is 17.9 Å². The molecule has 0 unspecified atom stereocenters. The Morgan fingerprint density at radius 3 is 2.52 bits per heavy atom. The molecule has 4 aromatic rings. The summed E-state index contributed by atoms with van der Waals surface area (Å²) in [5.41, 5.74) is 3.85. The van der Waals surface area contributed by atoms with Gasteiger partial charge >= 0.3 is 6.03 Å². The maximum atomic E-state index is 11.6. The molecule has 6 rings (SSSR count). The molecular formula is C27H26Cl2N4O6S. The second kappa shape index (κ2) is 11.3. The van der Waals surface area contributed by atoms with Crippen molar-refractivity contribution in [3.05, 3.63) is 63.8 Å². The number of furan rings is 1. The number of rotatable bonds is 8. The van der Waals surface area contributed by atoms with E-state index < -0.39 is 16.9 Å². The minimum Gasteiger partial charge on any atom is -0.440 e. The molecule has 13 heteroatoms. The summed E-state index contributed by atoms with van der Waals surface area (Å²) >= 11 is 13.0. The summed E-state index contributed by atoms with van der Waals surface area (Å²) < 4.78 is 40.8. The Morgan fingerprint density at radius 1 is 1.07 bits per heavy atom. The van der Waals surface area contributed by atoms with E-state index in [2.05, 4.69) is 15.4 Å². The number of fused-ring (bicyclic) bond motifs is 1. The molecule has 2 aromatic carbocycles. The minimum atomic E-state index is -3.05. The van der Waals surface area contributed by atoms with E-state index in [1.54, 1.807) is 29.0 Å². The third-order valence-electron chi connectivity index (χ3n) is 7.17. The zero-order valence-electron chi connectivity index (χ0n) is 21.2. The number of carbonyl (C=O) groups is 1. The van der Waals surface area contributed by atoms with Gasteiger partial charge in [-0.15, -0.1) is 0 Å². The number of amides is 2. The molecule has 3 heterocycles. The smallest absolute Gasteiger partial charge is 0.335 e. The lowest BCUT2D eigenvalue weighted by atomic mass is 10.0. The highest BCUT2D eigenvalue weighted by molar-refractivity contribution is 7.71. The number of hydrogen-bond donors (Lipinski definition) is 3. The molecule has 1 aliphatic heterocycles. The Kier molecular flexibility index (Phi) is 7.63. The van der Waals surface area contributed by atoms with Crippen molar-refractivity contribution < 1.29 is 26.9 Å². The van der Waals surface area contributed by atoms with Crippen LogP contribution in [0, 0.1) is 0 Å². The Bertz CT molecular complexity index is 1610. The van der Waals surface area contributed by atoms with Gasteiger partial charge in [0, 0.05) is 47.3 Å². The Labute approximate surface area is 241 Å². The molecule has 10 nitrogen and oxygen atoms in total. The van der Waals surface area contributed by atoms with E-state index in [0.29, 0.717) is 39.4 Å². The second-order valence-electron chi connectivity index (χ2n) is 9.90. The van der Waals surface area contributed by atoms with Crippen molar-refractivity contribution in [2.24, 2.45) is 0 Å². The fourth-order valence-corrected chi connectivity index (χ4v) is 5.84. The van der Waals surface area contributed by atoms with Crippen molar-refractivity contribution in [1.29, 1.82) is 0 Å². The maximum absolute atomic E-state index is 11.6. The number of benzene rings is 2. The van der Waals surface area contributed by atoms with Gasteiger partial charge in [0.15, 0.2) is 0 Å². The summed E-state index contributed by atoms with van der Waals surface area (Å²) in [5, 5.41) is 8.56.